The fraction of sp³-hybridized carbons (Fsp3) is 0.462. The van der Waals surface area contributed by atoms with Gasteiger partial charge in [-0.1, -0.05) is 23.7 Å². The summed E-state index contributed by atoms with van der Waals surface area (Å²) in [5.74, 6) is -0.147. The first kappa shape index (κ1) is 12.4. The number of nitrogens with zero attached hydrogens (tertiary/aromatic N) is 1. The molecule has 1 aliphatic rings. The Balaban J connectivity index is 1.90. The summed E-state index contributed by atoms with van der Waals surface area (Å²) in [6.07, 6.45) is 1.60. The predicted octanol–water partition coefficient (Wildman–Crippen LogP) is 2.65. The molecule has 1 aliphatic heterocycles. The minimum atomic E-state index is -0.147. The zero-order valence-electron chi connectivity index (χ0n) is 9.86. The number of likely N-dealkylation sites (tertiary alicyclic amines) is 1. The molecule has 1 aromatic carbocycles. The Bertz CT molecular complexity index is 391. The molecule has 3 nitrogen and oxygen atoms in total. The summed E-state index contributed by atoms with van der Waals surface area (Å²) in [5.41, 5.74) is 1.27. The van der Waals surface area contributed by atoms with Crippen molar-refractivity contribution in [2.24, 2.45) is 0 Å². The van der Waals surface area contributed by atoms with Crippen molar-refractivity contribution in [3.63, 3.8) is 0 Å². The van der Waals surface area contributed by atoms with E-state index < -0.39 is 0 Å². The second-order valence-corrected chi connectivity index (χ2v) is 4.65. The highest BCUT2D eigenvalue weighted by molar-refractivity contribution is 6.30. The van der Waals surface area contributed by atoms with Crippen LogP contribution in [0, 0.1) is 0 Å². The third-order valence-corrected chi connectivity index (χ3v) is 3.47. The number of carbonyl (C=O) groups is 1. The van der Waals surface area contributed by atoms with Gasteiger partial charge < -0.3 is 4.74 Å². The summed E-state index contributed by atoms with van der Waals surface area (Å²) in [6, 6.07) is 8.35. The van der Waals surface area contributed by atoms with Crippen LogP contribution in [0.2, 0.25) is 5.02 Å². The fourth-order valence-corrected chi connectivity index (χ4v) is 2.23. The topological polar surface area (TPSA) is 29.5 Å². The van der Waals surface area contributed by atoms with Crippen LogP contribution in [0.1, 0.15) is 24.4 Å². The molecule has 0 aromatic heterocycles. The third-order valence-electron chi connectivity index (χ3n) is 3.22. The van der Waals surface area contributed by atoms with Gasteiger partial charge in [-0.3, -0.25) is 9.69 Å². The average Bonchev–Trinajstić information content (AvgIpc) is 2.30. The van der Waals surface area contributed by atoms with Crippen LogP contribution in [0.5, 0.6) is 0 Å². The molecule has 2 rings (SSSR count). The van der Waals surface area contributed by atoms with Gasteiger partial charge in [-0.05, 0) is 24.1 Å². The van der Waals surface area contributed by atoms with Gasteiger partial charge in [0.1, 0.15) is 0 Å². The molecule has 92 valence electrons. The molecule has 1 fully saturated rings. The van der Waals surface area contributed by atoms with E-state index >= 15 is 0 Å². The number of ether oxygens (including phenoxy) is 1. The molecule has 1 heterocycles. The van der Waals surface area contributed by atoms with E-state index in [1.807, 2.05) is 12.1 Å². The molecular weight excluding hydrogens is 238 g/mol. The predicted molar refractivity (Wildman–Crippen MR) is 67.0 cm³/mol. The lowest BCUT2D eigenvalue weighted by molar-refractivity contribution is -0.141. The van der Waals surface area contributed by atoms with Gasteiger partial charge in [0, 0.05) is 24.2 Å². The van der Waals surface area contributed by atoms with Crippen molar-refractivity contribution in [3.05, 3.63) is 34.9 Å². The van der Waals surface area contributed by atoms with E-state index in [0.29, 0.717) is 12.5 Å². The molecule has 4 heteroatoms. The van der Waals surface area contributed by atoms with Crippen LogP contribution in [0.4, 0.5) is 0 Å². The SMILES string of the molecule is COC(=O)CCN1CCC1c1ccc(Cl)cc1. The molecule has 1 atom stereocenters. The van der Waals surface area contributed by atoms with Crippen LogP contribution in [-0.4, -0.2) is 31.1 Å². The monoisotopic (exact) mass is 253 g/mol. The highest BCUT2D eigenvalue weighted by Crippen LogP contribution is 2.33. The van der Waals surface area contributed by atoms with Crippen molar-refractivity contribution in [3.8, 4) is 0 Å². The largest absolute Gasteiger partial charge is 0.469 e. The Kier molecular flexibility index (Phi) is 4.02. The van der Waals surface area contributed by atoms with Crippen LogP contribution < -0.4 is 0 Å². The van der Waals surface area contributed by atoms with E-state index in [2.05, 4.69) is 21.8 Å². The maximum Gasteiger partial charge on any atom is 0.306 e. The van der Waals surface area contributed by atoms with Crippen molar-refractivity contribution >= 4 is 17.6 Å². The molecular formula is C13H16ClNO2. The maximum atomic E-state index is 11.1. The summed E-state index contributed by atoms with van der Waals surface area (Å²) in [5, 5.41) is 0.759. The Hall–Kier alpha value is -1.06. The molecule has 1 saturated heterocycles. The zero-order chi connectivity index (χ0) is 12.3. The molecule has 0 bridgehead atoms. The lowest BCUT2D eigenvalue weighted by atomic mass is 9.94. The van der Waals surface area contributed by atoms with Crippen LogP contribution >= 0.6 is 11.6 Å². The second kappa shape index (κ2) is 5.52. The van der Waals surface area contributed by atoms with Crippen LogP contribution in [0.15, 0.2) is 24.3 Å². The van der Waals surface area contributed by atoms with E-state index in [1.54, 1.807) is 0 Å². The first-order chi connectivity index (χ1) is 8.20. The third kappa shape index (κ3) is 2.99. The number of esters is 1. The van der Waals surface area contributed by atoms with Crippen molar-refractivity contribution < 1.29 is 9.53 Å². The van der Waals surface area contributed by atoms with E-state index in [9.17, 15) is 4.79 Å². The molecule has 1 unspecified atom stereocenters. The van der Waals surface area contributed by atoms with E-state index in [1.165, 1.54) is 12.7 Å². The molecule has 17 heavy (non-hydrogen) atoms. The summed E-state index contributed by atoms with van der Waals surface area (Å²) < 4.78 is 4.64. The molecule has 0 aliphatic carbocycles. The number of benzene rings is 1. The number of carbonyl (C=O) groups excluding carboxylic acids is 1. The maximum absolute atomic E-state index is 11.1. The van der Waals surface area contributed by atoms with Crippen molar-refractivity contribution in [1.29, 1.82) is 0 Å². The highest BCUT2D eigenvalue weighted by Gasteiger charge is 2.29. The van der Waals surface area contributed by atoms with Gasteiger partial charge >= 0.3 is 5.97 Å². The first-order valence-corrected chi connectivity index (χ1v) is 6.15. The summed E-state index contributed by atoms with van der Waals surface area (Å²) in [6.45, 7) is 1.81. The first-order valence-electron chi connectivity index (χ1n) is 5.77. The molecule has 0 N–H and O–H groups in total. The minimum Gasteiger partial charge on any atom is -0.469 e. The van der Waals surface area contributed by atoms with E-state index in [0.717, 1.165) is 24.5 Å². The van der Waals surface area contributed by atoms with Gasteiger partial charge in [0.25, 0.3) is 0 Å². The molecule has 0 saturated carbocycles. The Morgan fingerprint density at radius 3 is 2.71 bits per heavy atom. The molecule has 0 amide bonds. The highest BCUT2D eigenvalue weighted by atomic mass is 35.5. The number of rotatable bonds is 4. The van der Waals surface area contributed by atoms with Gasteiger partial charge in [0.2, 0.25) is 0 Å². The van der Waals surface area contributed by atoms with Crippen LogP contribution in [0.25, 0.3) is 0 Å². The van der Waals surface area contributed by atoms with Gasteiger partial charge in [0.15, 0.2) is 0 Å². The van der Waals surface area contributed by atoms with Crippen molar-refractivity contribution in [2.75, 3.05) is 20.2 Å². The molecule has 1 aromatic rings. The van der Waals surface area contributed by atoms with E-state index in [4.69, 9.17) is 11.6 Å². The second-order valence-electron chi connectivity index (χ2n) is 4.22. The fourth-order valence-electron chi connectivity index (χ4n) is 2.11. The van der Waals surface area contributed by atoms with Crippen LogP contribution in [-0.2, 0) is 9.53 Å². The van der Waals surface area contributed by atoms with Crippen molar-refractivity contribution in [2.45, 2.75) is 18.9 Å². The number of halogens is 1. The number of methoxy groups -OCH3 is 1. The van der Waals surface area contributed by atoms with Gasteiger partial charge in [-0.2, -0.15) is 0 Å². The summed E-state index contributed by atoms with van der Waals surface area (Å²) in [7, 11) is 1.43. The van der Waals surface area contributed by atoms with Crippen LogP contribution in [0.3, 0.4) is 0 Å². The standard InChI is InChI=1S/C13H16ClNO2/c1-17-13(16)7-9-15-8-6-12(15)10-2-4-11(14)5-3-10/h2-5,12H,6-9H2,1H3. The number of hydrogen-bond donors (Lipinski definition) is 0. The quantitative estimate of drug-likeness (QED) is 0.773. The Labute approximate surface area is 106 Å². The summed E-state index contributed by atoms with van der Waals surface area (Å²) >= 11 is 5.86. The summed E-state index contributed by atoms with van der Waals surface area (Å²) in [4.78, 5) is 13.4. The zero-order valence-corrected chi connectivity index (χ0v) is 10.6. The van der Waals surface area contributed by atoms with E-state index in [-0.39, 0.29) is 5.97 Å². The normalized spacial score (nSPS) is 19.8. The molecule has 0 spiro atoms. The van der Waals surface area contributed by atoms with Gasteiger partial charge in [-0.15, -0.1) is 0 Å². The number of hydrogen-bond acceptors (Lipinski definition) is 3. The smallest absolute Gasteiger partial charge is 0.306 e. The van der Waals surface area contributed by atoms with Crippen molar-refractivity contribution in [1.82, 2.24) is 4.90 Å². The Morgan fingerprint density at radius 1 is 1.47 bits per heavy atom. The average molecular weight is 254 g/mol. The molecule has 0 radical (unpaired) electrons. The lowest BCUT2D eigenvalue weighted by Gasteiger charge is -2.41. The minimum absolute atomic E-state index is 0.147. The lowest BCUT2D eigenvalue weighted by Crippen LogP contribution is -2.42. The van der Waals surface area contributed by atoms with Gasteiger partial charge in [-0.25, -0.2) is 0 Å². The Morgan fingerprint density at radius 2 is 2.18 bits per heavy atom. The van der Waals surface area contributed by atoms with Gasteiger partial charge in [0.05, 0.1) is 13.5 Å².